The van der Waals surface area contributed by atoms with Crippen LogP contribution in [0.3, 0.4) is 0 Å². The van der Waals surface area contributed by atoms with Gasteiger partial charge in [0.2, 0.25) is 0 Å². The summed E-state index contributed by atoms with van der Waals surface area (Å²) in [5.74, 6) is -0.113. The van der Waals surface area contributed by atoms with Gasteiger partial charge in [-0.05, 0) is 6.92 Å². The first-order chi connectivity index (χ1) is 7.46. The molecule has 1 aromatic heterocycles. The minimum Gasteiger partial charge on any atom is -0.390 e. The fraction of sp³-hybridized carbons (Fsp3) is 0.667. The normalized spacial score (nSPS) is 28.4. The van der Waals surface area contributed by atoms with Crippen molar-refractivity contribution in [3.8, 4) is 0 Å². The number of aliphatic hydroxyl groups excluding tert-OH is 1. The van der Waals surface area contributed by atoms with Crippen LogP contribution in [0.25, 0.3) is 0 Å². The van der Waals surface area contributed by atoms with Crippen molar-refractivity contribution in [2.24, 2.45) is 0 Å². The molecule has 0 amide bonds. The van der Waals surface area contributed by atoms with Gasteiger partial charge in [0.1, 0.15) is 0 Å². The summed E-state index contributed by atoms with van der Waals surface area (Å²) < 4.78 is 22.5. The van der Waals surface area contributed by atoms with E-state index >= 15 is 0 Å². The van der Waals surface area contributed by atoms with Crippen LogP contribution < -0.4 is 5.32 Å². The highest BCUT2D eigenvalue weighted by molar-refractivity contribution is 7.91. The van der Waals surface area contributed by atoms with Crippen molar-refractivity contribution in [2.45, 2.75) is 25.6 Å². The number of hydrogen-bond acceptors (Lipinski definition) is 6. The molecule has 16 heavy (non-hydrogen) atoms. The van der Waals surface area contributed by atoms with Gasteiger partial charge in [0, 0.05) is 23.7 Å². The molecular formula is C9H14N2O3S2. The predicted octanol–water partition coefficient (Wildman–Crippen LogP) is -0.301. The van der Waals surface area contributed by atoms with Crippen LogP contribution >= 0.6 is 11.3 Å². The Hall–Kier alpha value is -0.500. The molecule has 90 valence electrons. The lowest BCUT2D eigenvalue weighted by atomic mass is 10.2. The van der Waals surface area contributed by atoms with Crippen molar-refractivity contribution in [1.82, 2.24) is 10.3 Å². The van der Waals surface area contributed by atoms with Gasteiger partial charge >= 0.3 is 0 Å². The van der Waals surface area contributed by atoms with E-state index < -0.39 is 15.9 Å². The Morgan fingerprint density at radius 2 is 2.38 bits per heavy atom. The molecule has 2 unspecified atom stereocenters. The molecule has 0 aliphatic carbocycles. The fourth-order valence-corrected chi connectivity index (χ4v) is 4.26. The molecule has 0 spiro atoms. The van der Waals surface area contributed by atoms with Crippen LogP contribution in [-0.2, 0) is 16.4 Å². The molecule has 2 heterocycles. The zero-order chi connectivity index (χ0) is 11.8. The van der Waals surface area contributed by atoms with Crippen LogP contribution in [0.1, 0.15) is 9.88 Å². The topological polar surface area (TPSA) is 79.3 Å². The number of rotatable bonds is 3. The minimum atomic E-state index is -3.07. The van der Waals surface area contributed by atoms with Gasteiger partial charge in [0.15, 0.2) is 9.84 Å². The molecule has 0 aromatic carbocycles. The quantitative estimate of drug-likeness (QED) is 0.782. The van der Waals surface area contributed by atoms with Gasteiger partial charge in [-0.15, -0.1) is 11.3 Å². The highest BCUT2D eigenvalue weighted by Crippen LogP contribution is 2.15. The summed E-state index contributed by atoms with van der Waals surface area (Å²) in [5.41, 5.74) is 0. The van der Waals surface area contributed by atoms with Crippen LogP contribution in [0, 0.1) is 6.92 Å². The number of aliphatic hydroxyl groups is 1. The summed E-state index contributed by atoms with van der Waals surface area (Å²) >= 11 is 1.57. The second-order valence-corrected chi connectivity index (χ2v) is 7.45. The van der Waals surface area contributed by atoms with E-state index in [9.17, 15) is 13.5 Å². The minimum absolute atomic E-state index is 0.0198. The van der Waals surface area contributed by atoms with Crippen LogP contribution in [0.2, 0.25) is 0 Å². The number of nitrogens with zero attached hydrogens (tertiary/aromatic N) is 1. The van der Waals surface area contributed by atoms with Crippen molar-refractivity contribution in [2.75, 3.05) is 11.5 Å². The van der Waals surface area contributed by atoms with E-state index in [0.717, 1.165) is 9.88 Å². The first-order valence-corrected chi connectivity index (χ1v) is 7.63. The largest absolute Gasteiger partial charge is 0.390 e. The average Bonchev–Trinajstić information content (AvgIpc) is 2.67. The lowest BCUT2D eigenvalue weighted by Gasteiger charge is -2.13. The summed E-state index contributed by atoms with van der Waals surface area (Å²) in [7, 11) is -3.07. The third-order valence-corrected chi connectivity index (χ3v) is 5.16. The molecule has 2 atom stereocenters. The molecule has 1 aliphatic rings. The Labute approximate surface area is 98.4 Å². The molecule has 7 heteroatoms. The van der Waals surface area contributed by atoms with Crippen molar-refractivity contribution in [3.63, 3.8) is 0 Å². The second kappa shape index (κ2) is 4.40. The van der Waals surface area contributed by atoms with Crippen LogP contribution in [-0.4, -0.2) is 42.2 Å². The molecule has 2 rings (SSSR count). The van der Waals surface area contributed by atoms with Crippen LogP contribution in [0.4, 0.5) is 0 Å². The summed E-state index contributed by atoms with van der Waals surface area (Å²) in [4.78, 5) is 5.16. The smallest absolute Gasteiger partial charge is 0.154 e. The molecule has 0 radical (unpaired) electrons. The Kier molecular flexibility index (Phi) is 3.29. The highest BCUT2D eigenvalue weighted by atomic mass is 32.2. The van der Waals surface area contributed by atoms with Gasteiger partial charge in [0.05, 0.1) is 22.6 Å². The number of aromatic nitrogens is 1. The van der Waals surface area contributed by atoms with Crippen molar-refractivity contribution in [3.05, 3.63) is 16.1 Å². The molecule has 5 nitrogen and oxygen atoms in total. The maximum Gasteiger partial charge on any atom is 0.154 e. The molecule has 1 aliphatic heterocycles. The number of sulfone groups is 1. The maximum atomic E-state index is 11.3. The Morgan fingerprint density at radius 1 is 1.62 bits per heavy atom. The fourth-order valence-electron chi connectivity index (χ4n) is 1.74. The van der Waals surface area contributed by atoms with E-state index in [1.165, 1.54) is 0 Å². The summed E-state index contributed by atoms with van der Waals surface area (Å²) in [6.07, 6.45) is 0.974. The first-order valence-electron chi connectivity index (χ1n) is 4.99. The zero-order valence-corrected chi connectivity index (χ0v) is 10.5. The predicted molar refractivity (Wildman–Crippen MR) is 62.1 cm³/mol. The van der Waals surface area contributed by atoms with Crippen molar-refractivity contribution in [1.29, 1.82) is 0 Å². The lowest BCUT2D eigenvalue weighted by molar-refractivity contribution is 0.165. The molecule has 0 bridgehead atoms. The summed E-state index contributed by atoms with van der Waals surface area (Å²) in [6, 6.07) is -0.354. The monoisotopic (exact) mass is 262 g/mol. The van der Waals surface area contributed by atoms with Crippen molar-refractivity contribution >= 4 is 21.2 Å². The van der Waals surface area contributed by atoms with E-state index in [0.29, 0.717) is 6.54 Å². The third-order valence-electron chi connectivity index (χ3n) is 2.53. The Balaban J connectivity index is 1.92. The molecule has 1 aromatic rings. The highest BCUT2D eigenvalue weighted by Gasteiger charge is 2.35. The van der Waals surface area contributed by atoms with Gasteiger partial charge in [-0.25, -0.2) is 13.4 Å². The number of hydrogen-bond donors (Lipinski definition) is 2. The molecule has 1 saturated heterocycles. The van der Waals surface area contributed by atoms with Gasteiger partial charge < -0.3 is 10.4 Å². The Bertz CT molecular complexity index is 469. The number of thiazole rings is 1. The number of aryl methyl sites for hydroxylation is 1. The number of nitrogens with one attached hydrogen (secondary N) is 1. The van der Waals surface area contributed by atoms with Gasteiger partial charge in [-0.2, -0.15) is 0 Å². The standard InChI is InChI=1S/C9H14N2O3S2/c1-6-10-2-7(15-6)3-11-8-4-16(13,14)5-9(8)12/h2,8-9,11-12H,3-5H2,1H3. The van der Waals surface area contributed by atoms with E-state index in [2.05, 4.69) is 10.3 Å². The zero-order valence-electron chi connectivity index (χ0n) is 8.88. The van der Waals surface area contributed by atoms with Gasteiger partial charge in [0.25, 0.3) is 0 Å². The SMILES string of the molecule is Cc1ncc(CNC2CS(=O)(=O)CC2O)s1. The van der Waals surface area contributed by atoms with E-state index in [4.69, 9.17) is 0 Å². The van der Waals surface area contributed by atoms with Crippen LogP contribution in [0.5, 0.6) is 0 Å². The summed E-state index contributed by atoms with van der Waals surface area (Å²) in [6.45, 7) is 2.48. The van der Waals surface area contributed by atoms with Gasteiger partial charge in [-0.1, -0.05) is 0 Å². The van der Waals surface area contributed by atoms with Crippen molar-refractivity contribution < 1.29 is 13.5 Å². The van der Waals surface area contributed by atoms with Crippen LogP contribution in [0.15, 0.2) is 6.20 Å². The lowest BCUT2D eigenvalue weighted by Crippen LogP contribution is -2.38. The maximum absolute atomic E-state index is 11.3. The average molecular weight is 262 g/mol. The van der Waals surface area contributed by atoms with E-state index in [-0.39, 0.29) is 17.5 Å². The summed E-state index contributed by atoms with van der Waals surface area (Å²) in [5, 5.41) is 13.6. The first kappa shape index (κ1) is 12.0. The Morgan fingerprint density at radius 3 is 2.88 bits per heavy atom. The van der Waals surface area contributed by atoms with Gasteiger partial charge in [-0.3, -0.25) is 0 Å². The van der Waals surface area contributed by atoms with E-state index in [1.807, 2.05) is 6.92 Å². The molecule has 2 N–H and O–H groups in total. The molecule has 1 fully saturated rings. The second-order valence-electron chi connectivity index (χ2n) is 3.98. The molecule has 0 saturated carbocycles. The molecular weight excluding hydrogens is 248 g/mol. The van der Waals surface area contributed by atoms with E-state index in [1.54, 1.807) is 17.5 Å². The third kappa shape index (κ3) is 2.79.